The lowest BCUT2D eigenvalue weighted by Crippen LogP contribution is -2.04. The topological polar surface area (TPSA) is 79.6 Å². The van der Waals surface area contributed by atoms with Gasteiger partial charge >= 0.3 is 0 Å². The number of nitrogens with two attached hydrogens (primary N) is 1. The molecule has 5 heteroatoms. The van der Waals surface area contributed by atoms with Crippen LogP contribution in [0.2, 0.25) is 0 Å². The van der Waals surface area contributed by atoms with Gasteiger partial charge in [-0.05, 0) is 54.3 Å². The van der Waals surface area contributed by atoms with Crippen molar-refractivity contribution in [3.8, 4) is 0 Å². The number of anilines is 2. The Bertz CT molecular complexity index is 1100. The quantitative estimate of drug-likeness (QED) is 0.512. The van der Waals surface area contributed by atoms with Gasteiger partial charge in [0.1, 0.15) is 5.82 Å². The largest absolute Gasteiger partial charge is 0.383 e. The smallest absolute Gasteiger partial charge is 0.127 e. The van der Waals surface area contributed by atoms with Gasteiger partial charge in [0.2, 0.25) is 0 Å². The first-order valence-electron chi connectivity index (χ1n) is 9.28. The summed E-state index contributed by atoms with van der Waals surface area (Å²) in [6.07, 6.45) is 4.02. The SMILES string of the molecule is Nc1nc2ccc(NCc3cc[nH]n3)cc2cc1[C@@H]1CCc2ccccc21. The van der Waals surface area contributed by atoms with Crippen LogP contribution in [0.4, 0.5) is 11.5 Å². The molecule has 1 aliphatic carbocycles. The Morgan fingerprint density at radius 2 is 2.00 bits per heavy atom. The average Bonchev–Trinajstić information content (AvgIpc) is 3.36. The number of nitrogens with zero attached hydrogens (tertiary/aromatic N) is 2. The summed E-state index contributed by atoms with van der Waals surface area (Å²) >= 11 is 0. The lowest BCUT2D eigenvalue weighted by Gasteiger charge is -2.16. The van der Waals surface area contributed by atoms with Crippen LogP contribution >= 0.6 is 0 Å². The number of nitrogen functional groups attached to an aromatic ring is 1. The summed E-state index contributed by atoms with van der Waals surface area (Å²) in [5.41, 5.74) is 13.3. The number of benzene rings is 2. The van der Waals surface area contributed by atoms with Crippen molar-refractivity contribution in [1.29, 1.82) is 0 Å². The molecule has 0 radical (unpaired) electrons. The summed E-state index contributed by atoms with van der Waals surface area (Å²) in [7, 11) is 0. The standard InChI is InChI=1S/C22H21N5/c23-22-20(19-7-5-14-3-1-2-4-18(14)19)12-15-11-16(6-8-21(15)26-22)24-13-17-9-10-25-27-17/h1-4,6,8-12,19,24H,5,7,13H2,(H2,23,26)(H,25,27)/t19-/m1/s1. The van der Waals surface area contributed by atoms with Crippen molar-refractivity contribution >= 4 is 22.4 Å². The first-order chi connectivity index (χ1) is 13.3. The highest BCUT2D eigenvalue weighted by Crippen LogP contribution is 2.40. The van der Waals surface area contributed by atoms with Gasteiger partial charge in [-0.15, -0.1) is 0 Å². The predicted molar refractivity (Wildman–Crippen MR) is 109 cm³/mol. The molecule has 5 nitrogen and oxygen atoms in total. The number of fused-ring (bicyclic) bond motifs is 2. The van der Waals surface area contributed by atoms with Crippen LogP contribution in [0.5, 0.6) is 0 Å². The van der Waals surface area contributed by atoms with E-state index < -0.39 is 0 Å². The van der Waals surface area contributed by atoms with Crippen molar-refractivity contribution < 1.29 is 0 Å². The molecule has 27 heavy (non-hydrogen) atoms. The fourth-order valence-corrected chi connectivity index (χ4v) is 4.06. The molecule has 0 bridgehead atoms. The second-order valence-corrected chi connectivity index (χ2v) is 7.08. The fourth-order valence-electron chi connectivity index (χ4n) is 4.06. The Morgan fingerprint density at radius 3 is 2.89 bits per heavy atom. The van der Waals surface area contributed by atoms with Crippen molar-refractivity contribution in [2.75, 3.05) is 11.1 Å². The highest BCUT2D eigenvalue weighted by Gasteiger charge is 2.25. The van der Waals surface area contributed by atoms with E-state index in [1.807, 2.05) is 24.4 Å². The molecule has 1 atom stereocenters. The Hall–Kier alpha value is -3.34. The van der Waals surface area contributed by atoms with E-state index in [9.17, 15) is 0 Å². The number of rotatable bonds is 4. The second-order valence-electron chi connectivity index (χ2n) is 7.08. The van der Waals surface area contributed by atoms with Gasteiger partial charge in [0.25, 0.3) is 0 Å². The van der Waals surface area contributed by atoms with Gasteiger partial charge in [0.15, 0.2) is 0 Å². The minimum Gasteiger partial charge on any atom is -0.383 e. The van der Waals surface area contributed by atoms with Crippen molar-refractivity contribution in [3.05, 3.63) is 83.2 Å². The zero-order valence-electron chi connectivity index (χ0n) is 14.9. The van der Waals surface area contributed by atoms with Crippen molar-refractivity contribution in [2.24, 2.45) is 0 Å². The van der Waals surface area contributed by atoms with E-state index in [0.717, 1.165) is 40.7 Å². The van der Waals surface area contributed by atoms with E-state index in [2.05, 4.69) is 56.9 Å². The van der Waals surface area contributed by atoms with Crippen LogP contribution in [0.1, 0.15) is 34.7 Å². The predicted octanol–water partition coefficient (Wildman–Crippen LogP) is 4.23. The molecular formula is C22H21N5. The second kappa shape index (κ2) is 6.43. The number of aromatic amines is 1. The third-order valence-corrected chi connectivity index (χ3v) is 5.42. The van der Waals surface area contributed by atoms with E-state index in [1.54, 1.807) is 0 Å². The van der Waals surface area contributed by atoms with Crippen molar-refractivity contribution in [3.63, 3.8) is 0 Å². The number of hydrogen-bond donors (Lipinski definition) is 3. The van der Waals surface area contributed by atoms with Crippen LogP contribution in [0.3, 0.4) is 0 Å². The zero-order valence-corrected chi connectivity index (χ0v) is 14.9. The molecule has 0 saturated heterocycles. The third-order valence-electron chi connectivity index (χ3n) is 5.42. The molecule has 0 amide bonds. The number of hydrogen-bond acceptors (Lipinski definition) is 4. The molecule has 0 unspecified atom stereocenters. The van der Waals surface area contributed by atoms with Crippen LogP contribution in [-0.2, 0) is 13.0 Å². The average molecular weight is 355 g/mol. The summed E-state index contributed by atoms with van der Waals surface area (Å²) in [5.74, 6) is 0.972. The van der Waals surface area contributed by atoms with E-state index in [4.69, 9.17) is 5.73 Å². The molecule has 5 rings (SSSR count). The lowest BCUT2D eigenvalue weighted by atomic mass is 9.92. The van der Waals surface area contributed by atoms with Gasteiger partial charge in [-0.2, -0.15) is 5.10 Å². The summed E-state index contributed by atoms with van der Waals surface area (Å²) < 4.78 is 0. The van der Waals surface area contributed by atoms with Gasteiger partial charge in [0.05, 0.1) is 17.8 Å². The number of aryl methyl sites for hydroxylation is 1. The van der Waals surface area contributed by atoms with Gasteiger partial charge < -0.3 is 11.1 Å². The molecule has 2 heterocycles. The summed E-state index contributed by atoms with van der Waals surface area (Å²) in [6.45, 7) is 0.681. The molecule has 2 aromatic carbocycles. The molecule has 4 N–H and O–H groups in total. The van der Waals surface area contributed by atoms with Crippen molar-refractivity contribution in [2.45, 2.75) is 25.3 Å². The van der Waals surface area contributed by atoms with Gasteiger partial charge in [-0.1, -0.05) is 24.3 Å². The fraction of sp³-hybridized carbons (Fsp3) is 0.182. The maximum absolute atomic E-state index is 6.35. The van der Waals surface area contributed by atoms with Gasteiger partial charge in [-0.25, -0.2) is 4.98 Å². The minimum atomic E-state index is 0.332. The first-order valence-corrected chi connectivity index (χ1v) is 9.28. The highest BCUT2D eigenvalue weighted by molar-refractivity contribution is 5.85. The molecule has 0 saturated carbocycles. The molecular weight excluding hydrogens is 334 g/mol. The van der Waals surface area contributed by atoms with Crippen LogP contribution in [-0.4, -0.2) is 15.2 Å². The normalized spacial score (nSPS) is 15.8. The number of aromatic nitrogens is 3. The molecule has 4 aromatic rings. The van der Waals surface area contributed by atoms with Crippen LogP contribution in [0.25, 0.3) is 10.9 Å². The lowest BCUT2D eigenvalue weighted by molar-refractivity contribution is 0.788. The minimum absolute atomic E-state index is 0.332. The van der Waals surface area contributed by atoms with E-state index in [-0.39, 0.29) is 0 Å². The van der Waals surface area contributed by atoms with Crippen LogP contribution < -0.4 is 11.1 Å². The maximum atomic E-state index is 6.35. The van der Waals surface area contributed by atoms with Crippen LogP contribution in [0, 0.1) is 0 Å². The first kappa shape index (κ1) is 15.9. The Labute approximate surface area is 157 Å². The molecule has 134 valence electrons. The molecule has 0 fully saturated rings. The van der Waals surface area contributed by atoms with E-state index >= 15 is 0 Å². The van der Waals surface area contributed by atoms with Gasteiger partial charge in [-0.3, -0.25) is 5.10 Å². The summed E-state index contributed by atoms with van der Waals surface area (Å²) in [4.78, 5) is 4.68. The highest BCUT2D eigenvalue weighted by atomic mass is 15.1. The Balaban J connectivity index is 1.49. The van der Waals surface area contributed by atoms with Crippen LogP contribution in [0.15, 0.2) is 60.8 Å². The molecule has 2 aromatic heterocycles. The monoisotopic (exact) mass is 355 g/mol. The molecule has 1 aliphatic rings. The Kier molecular flexibility index (Phi) is 3.78. The summed E-state index contributed by atoms with van der Waals surface area (Å²) in [5, 5.41) is 11.5. The number of nitrogens with one attached hydrogen (secondary N) is 2. The van der Waals surface area contributed by atoms with E-state index in [0.29, 0.717) is 18.3 Å². The Morgan fingerprint density at radius 1 is 1.07 bits per heavy atom. The third kappa shape index (κ3) is 2.91. The molecule has 0 spiro atoms. The maximum Gasteiger partial charge on any atom is 0.127 e. The zero-order chi connectivity index (χ0) is 18.2. The number of H-pyrrole nitrogens is 1. The molecule has 0 aliphatic heterocycles. The summed E-state index contributed by atoms with van der Waals surface area (Å²) in [6, 6.07) is 19.0. The van der Waals surface area contributed by atoms with Gasteiger partial charge in [0, 0.05) is 28.8 Å². The van der Waals surface area contributed by atoms with E-state index in [1.165, 1.54) is 11.1 Å². The number of pyridine rings is 1. The van der Waals surface area contributed by atoms with Crippen molar-refractivity contribution in [1.82, 2.24) is 15.2 Å².